The van der Waals surface area contributed by atoms with Crippen LogP contribution in [0.4, 0.5) is 0 Å². The summed E-state index contributed by atoms with van der Waals surface area (Å²) < 4.78 is 7.04. The molecule has 0 saturated heterocycles. The summed E-state index contributed by atoms with van der Waals surface area (Å²) in [7, 11) is 0. The minimum atomic E-state index is -1.07. The van der Waals surface area contributed by atoms with Crippen LogP contribution in [0.3, 0.4) is 0 Å². The smallest absolute Gasteiger partial charge is 0.326 e. The number of aromatic nitrogens is 2. The molecule has 20 heavy (non-hydrogen) atoms. The number of carboxylic acid groups (broad SMARTS) is 1. The van der Waals surface area contributed by atoms with Crippen molar-refractivity contribution in [3.8, 4) is 0 Å². The van der Waals surface area contributed by atoms with Gasteiger partial charge >= 0.3 is 5.97 Å². The standard InChI is InChI=1S/C13H15N3O4/c1-2-10(13(18)19)15-12(17)11-5-4-9(20-11)8-16-7-3-6-14-16/h3-7,10H,2,8H2,1H3,(H,15,17)(H,18,19)/t10-/m1/s1. The van der Waals surface area contributed by atoms with Crippen LogP contribution in [0.25, 0.3) is 0 Å². The average molecular weight is 277 g/mol. The van der Waals surface area contributed by atoms with Crippen LogP contribution in [-0.4, -0.2) is 32.8 Å². The number of nitrogens with zero attached hydrogens (tertiary/aromatic N) is 2. The van der Waals surface area contributed by atoms with E-state index in [2.05, 4.69) is 10.4 Å². The van der Waals surface area contributed by atoms with Crippen LogP contribution in [0, 0.1) is 0 Å². The van der Waals surface area contributed by atoms with Gasteiger partial charge in [-0.1, -0.05) is 6.92 Å². The molecule has 2 rings (SSSR count). The molecular weight excluding hydrogens is 262 g/mol. The van der Waals surface area contributed by atoms with Crippen LogP contribution in [0.15, 0.2) is 35.0 Å². The number of furan rings is 1. The molecule has 0 unspecified atom stereocenters. The lowest BCUT2D eigenvalue weighted by atomic mass is 10.2. The molecule has 1 atom stereocenters. The molecule has 2 aromatic rings. The van der Waals surface area contributed by atoms with Crippen molar-refractivity contribution in [2.24, 2.45) is 0 Å². The Morgan fingerprint density at radius 3 is 2.90 bits per heavy atom. The predicted octanol–water partition coefficient (Wildman–Crippen LogP) is 1.12. The van der Waals surface area contributed by atoms with Crippen LogP contribution in [-0.2, 0) is 11.3 Å². The third-order valence-corrected chi connectivity index (χ3v) is 2.77. The van der Waals surface area contributed by atoms with Crippen molar-refractivity contribution in [2.75, 3.05) is 0 Å². The zero-order valence-electron chi connectivity index (χ0n) is 10.9. The number of amides is 1. The van der Waals surface area contributed by atoms with Gasteiger partial charge in [-0.3, -0.25) is 9.48 Å². The zero-order valence-corrected chi connectivity index (χ0v) is 10.9. The number of rotatable bonds is 6. The summed E-state index contributed by atoms with van der Waals surface area (Å²) in [4.78, 5) is 22.7. The fourth-order valence-electron chi connectivity index (χ4n) is 1.71. The molecule has 0 aliphatic carbocycles. The van der Waals surface area contributed by atoms with E-state index in [1.54, 1.807) is 36.1 Å². The minimum Gasteiger partial charge on any atom is -0.480 e. The Morgan fingerprint density at radius 1 is 1.50 bits per heavy atom. The molecule has 0 aliphatic heterocycles. The molecular formula is C13H15N3O4. The highest BCUT2D eigenvalue weighted by molar-refractivity contribution is 5.94. The summed E-state index contributed by atoms with van der Waals surface area (Å²) in [6.45, 7) is 2.10. The van der Waals surface area contributed by atoms with E-state index >= 15 is 0 Å². The van der Waals surface area contributed by atoms with Crippen LogP contribution in [0.2, 0.25) is 0 Å². The van der Waals surface area contributed by atoms with Gasteiger partial charge in [0.15, 0.2) is 5.76 Å². The van der Waals surface area contributed by atoms with Gasteiger partial charge in [-0.25, -0.2) is 4.79 Å². The minimum absolute atomic E-state index is 0.0897. The zero-order chi connectivity index (χ0) is 14.5. The summed E-state index contributed by atoms with van der Waals surface area (Å²) in [5.41, 5.74) is 0. The number of hydrogen-bond donors (Lipinski definition) is 2. The molecule has 0 fully saturated rings. The van der Waals surface area contributed by atoms with Crippen LogP contribution in [0.5, 0.6) is 0 Å². The van der Waals surface area contributed by atoms with Crippen molar-refractivity contribution in [1.29, 1.82) is 0 Å². The largest absolute Gasteiger partial charge is 0.480 e. The summed E-state index contributed by atoms with van der Waals surface area (Å²) in [5, 5.41) is 15.3. The van der Waals surface area contributed by atoms with E-state index in [-0.39, 0.29) is 5.76 Å². The number of carbonyl (C=O) groups is 2. The second kappa shape index (κ2) is 6.05. The van der Waals surface area contributed by atoms with Crippen molar-refractivity contribution in [1.82, 2.24) is 15.1 Å². The first-order valence-corrected chi connectivity index (χ1v) is 6.20. The summed E-state index contributed by atoms with van der Waals surface area (Å²) in [6, 6.07) is 4.05. The van der Waals surface area contributed by atoms with E-state index in [0.29, 0.717) is 18.7 Å². The number of aliphatic carboxylic acids is 1. The maximum absolute atomic E-state index is 11.8. The van der Waals surface area contributed by atoms with E-state index in [1.165, 1.54) is 6.07 Å². The monoisotopic (exact) mass is 277 g/mol. The van der Waals surface area contributed by atoms with Gasteiger partial charge in [-0.2, -0.15) is 5.10 Å². The van der Waals surface area contributed by atoms with Gasteiger partial charge < -0.3 is 14.8 Å². The number of nitrogens with one attached hydrogen (secondary N) is 1. The Labute approximate surface area is 115 Å². The lowest BCUT2D eigenvalue weighted by Gasteiger charge is -2.10. The molecule has 0 aliphatic rings. The highest BCUT2D eigenvalue weighted by atomic mass is 16.4. The van der Waals surface area contributed by atoms with E-state index in [9.17, 15) is 9.59 Å². The molecule has 1 amide bonds. The average Bonchev–Trinajstić information content (AvgIpc) is 3.07. The number of carbonyl (C=O) groups excluding carboxylic acids is 1. The number of carboxylic acids is 1. The molecule has 0 radical (unpaired) electrons. The number of hydrogen-bond acceptors (Lipinski definition) is 4. The van der Waals surface area contributed by atoms with Gasteiger partial charge in [0.2, 0.25) is 0 Å². The molecule has 7 nitrogen and oxygen atoms in total. The van der Waals surface area contributed by atoms with Gasteiger partial charge in [-0.15, -0.1) is 0 Å². The highest BCUT2D eigenvalue weighted by Crippen LogP contribution is 2.10. The molecule has 2 heterocycles. The van der Waals surface area contributed by atoms with Crippen molar-refractivity contribution >= 4 is 11.9 Å². The Kier molecular flexibility index (Phi) is 4.19. The third kappa shape index (κ3) is 3.25. The first kappa shape index (κ1) is 13.9. The third-order valence-electron chi connectivity index (χ3n) is 2.77. The van der Waals surface area contributed by atoms with Crippen LogP contribution < -0.4 is 5.32 Å². The Hall–Kier alpha value is -2.57. The molecule has 0 bridgehead atoms. The highest BCUT2D eigenvalue weighted by Gasteiger charge is 2.20. The summed E-state index contributed by atoms with van der Waals surface area (Å²) in [5.74, 6) is -0.941. The van der Waals surface area contributed by atoms with Gasteiger partial charge in [0.25, 0.3) is 5.91 Å². The maximum Gasteiger partial charge on any atom is 0.326 e. The van der Waals surface area contributed by atoms with E-state index in [0.717, 1.165) is 0 Å². The van der Waals surface area contributed by atoms with Gasteiger partial charge in [0, 0.05) is 12.4 Å². The van der Waals surface area contributed by atoms with Crippen LogP contribution in [0.1, 0.15) is 29.7 Å². The lowest BCUT2D eigenvalue weighted by Crippen LogP contribution is -2.40. The Bertz CT molecular complexity index is 589. The fourth-order valence-corrected chi connectivity index (χ4v) is 1.71. The van der Waals surface area contributed by atoms with E-state index in [4.69, 9.17) is 9.52 Å². The van der Waals surface area contributed by atoms with Gasteiger partial charge in [0.1, 0.15) is 11.8 Å². The molecule has 106 valence electrons. The van der Waals surface area contributed by atoms with Crippen molar-refractivity contribution in [3.05, 3.63) is 42.1 Å². The topological polar surface area (TPSA) is 97.4 Å². The van der Waals surface area contributed by atoms with E-state index < -0.39 is 17.9 Å². The Balaban J connectivity index is 2.01. The second-order valence-electron chi connectivity index (χ2n) is 4.24. The molecule has 7 heteroatoms. The van der Waals surface area contributed by atoms with Crippen molar-refractivity contribution < 1.29 is 19.1 Å². The first-order chi connectivity index (χ1) is 9.60. The fraction of sp³-hybridized carbons (Fsp3) is 0.308. The predicted molar refractivity (Wildman–Crippen MR) is 69.2 cm³/mol. The molecule has 2 aromatic heterocycles. The molecule has 0 aromatic carbocycles. The lowest BCUT2D eigenvalue weighted by molar-refractivity contribution is -0.139. The van der Waals surface area contributed by atoms with E-state index in [1.807, 2.05) is 0 Å². The molecule has 0 saturated carbocycles. The van der Waals surface area contributed by atoms with Crippen molar-refractivity contribution in [3.63, 3.8) is 0 Å². The van der Waals surface area contributed by atoms with Gasteiger partial charge in [-0.05, 0) is 24.6 Å². The normalized spacial score (nSPS) is 12.1. The quantitative estimate of drug-likeness (QED) is 0.824. The maximum atomic E-state index is 11.8. The first-order valence-electron chi connectivity index (χ1n) is 6.20. The van der Waals surface area contributed by atoms with Gasteiger partial charge in [0.05, 0.1) is 6.54 Å². The molecule has 0 spiro atoms. The molecule has 2 N–H and O–H groups in total. The summed E-state index contributed by atoms with van der Waals surface area (Å²) in [6.07, 6.45) is 3.73. The van der Waals surface area contributed by atoms with Crippen molar-refractivity contribution in [2.45, 2.75) is 25.9 Å². The summed E-state index contributed by atoms with van der Waals surface area (Å²) >= 11 is 0. The SMILES string of the molecule is CC[C@@H](NC(=O)c1ccc(Cn2cccn2)o1)C(=O)O. The Morgan fingerprint density at radius 2 is 2.30 bits per heavy atom. The van der Waals surface area contributed by atoms with Crippen LogP contribution >= 0.6 is 0 Å². The second-order valence-corrected chi connectivity index (χ2v) is 4.24.